The number of anilines is 1. The molecule has 1 unspecified atom stereocenters. The summed E-state index contributed by atoms with van der Waals surface area (Å²) in [7, 11) is 2.13. The minimum Gasteiger partial charge on any atom is -0.399 e. The maximum atomic E-state index is 5.90. The number of nitrogens with zero attached hydrogens (tertiary/aromatic N) is 2. The van der Waals surface area contributed by atoms with Crippen molar-refractivity contribution < 1.29 is 0 Å². The molecule has 0 saturated carbocycles. The van der Waals surface area contributed by atoms with Crippen molar-refractivity contribution in [2.45, 2.75) is 6.17 Å². The maximum Gasteiger partial charge on any atom is 0.147 e. The van der Waals surface area contributed by atoms with Gasteiger partial charge in [0.05, 0.1) is 5.71 Å². The number of aliphatic imine (C=N–C) groups is 1. The van der Waals surface area contributed by atoms with E-state index in [0.29, 0.717) is 0 Å². The van der Waals surface area contributed by atoms with E-state index in [4.69, 9.17) is 10.7 Å². The second-order valence-corrected chi connectivity index (χ2v) is 10.7. The molecule has 0 aliphatic carbocycles. The van der Waals surface area contributed by atoms with Crippen molar-refractivity contribution in [2.24, 2.45) is 4.99 Å². The third kappa shape index (κ3) is 4.86. The number of hydrogen-bond donors (Lipinski definition) is 1. The standard InChI is InChI=1S/C39H31N3/c1-42-38(32-18-16-30(17-19-32)36-13-7-11-29-8-5-6-12-35(29)36)26-37(31-9-3-2-4-10-31)41-39(42)33-20-14-27(15-21-33)28-22-24-34(40)25-23-28/h2-26,39H,40H2,1H3. The van der Waals surface area contributed by atoms with Crippen LogP contribution in [0, 0.1) is 0 Å². The molecule has 1 heterocycles. The van der Waals surface area contributed by atoms with Gasteiger partial charge < -0.3 is 10.6 Å². The van der Waals surface area contributed by atoms with Gasteiger partial charge in [0.15, 0.2) is 0 Å². The highest BCUT2D eigenvalue weighted by atomic mass is 15.2. The number of benzene rings is 6. The molecule has 1 aliphatic rings. The molecule has 0 bridgehead atoms. The summed E-state index contributed by atoms with van der Waals surface area (Å²) in [6.07, 6.45) is 2.06. The summed E-state index contributed by atoms with van der Waals surface area (Å²) in [4.78, 5) is 7.52. The van der Waals surface area contributed by atoms with Gasteiger partial charge in [-0.15, -0.1) is 0 Å². The minimum atomic E-state index is -0.154. The molecule has 2 N–H and O–H groups in total. The Morgan fingerprint density at radius 2 is 1.14 bits per heavy atom. The van der Waals surface area contributed by atoms with E-state index in [0.717, 1.165) is 44.9 Å². The van der Waals surface area contributed by atoms with Gasteiger partial charge in [0.1, 0.15) is 6.17 Å². The highest BCUT2D eigenvalue weighted by molar-refractivity contribution is 6.13. The average molecular weight is 542 g/mol. The highest BCUT2D eigenvalue weighted by Gasteiger charge is 2.25. The normalized spacial score (nSPS) is 14.9. The fraction of sp³-hybridized carbons (Fsp3) is 0.0513. The summed E-state index contributed by atoms with van der Waals surface area (Å²) < 4.78 is 0. The molecule has 0 saturated heterocycles. The Labute approximate surface area is 246 Å². The van der Waals surface area contributed by atoms with Crippen molar-refractivity contribution in [3.63, 3.8) is 0 Å². The molecule has 3 heteroatoms. The van der Waals surface area contributed by atoms with E-state index >= 15 is 0 Å². The number of nitrogens with two attached hydrogens (primary N) is 1. The molecule has 0 fully saturated rings. The highest BCUT2D eigenvalue weighted by Crippen LogP contribution is 2.36. The van der Waals surface area contributed by atoms with Crippen LogP contribution in [0.5, 0.6) is 0 Å². The van der Waals surface area contributed by atoms with Crippen LogP contribution in [0.3, 0.4) is 0 Å². The van der Waals surface area contributed by atoms with Gasteiger partial charge in [-0.1, -0.05) is 133 Å². The SMILES string of the molecule is CN1C(c2ccc(-c3cccc4ccccc34)cc2)=CC(c2ccccc2)=NC1c1ccc(-c2ccc(N)cc2)cc1. The molecule has 0 amide bonds. The van der Waals surface area contributed by atoms with Crippen molar-refractivity contribution >= 4 is 27.9 Å². The van der Waals surface area contributed by atoms with Crippen LogP contribution in [-0.4, -0.2) is 17.7 Å². The Morgan fingerprint density at radius 3 is 1.88 bits per heavy atom. The first-order chi connectivity index (χ1) is 20.6. The first-order valence-corrected chi connectivity index (χ1v) is 14.3. The smallest absolute Gasteiger partial charge is 0.147 e. The lowest BCUT2D eigenvalue weighted by molar-refractivity contribution is 0.364. The summed E-state index contributed by atoms with van der Waals surface area (Å²) in [6, 6.07) is 51.1. The number of hydrogen-bond acceptors (Lipinski definition) is 3. The quantitative estimate of drug-likeness (QED) is 0.221. The van der Waals surface area contributed by atoms with E-state index in [-0.39, 0.29) is 6.17 Å². The van der Waals surface area contributed by atoms with Gasteiger partial charge in [-0.3, -0.25) is 4.99 Å². The van der Waals surface area contributed by atoms with Crippen molar-refractivity contribution in [3.05, 3.63) is 168 Å². The molecule has 0 spiro atoms. The van der Waals surface area contributed by atoms with Crippen molar-refractivity contribution in [2.75, 3.05) is 12.8 Å². The summed E-state index contributed by atoms with van der Waals surface area (Å²) in [5.41, 5.74) is 17.0. The molecule has 1 atom stereocenters. The van der Waals surface area contributed by atoms with Crippen molar-refractivity contribution in [1.29, 1.82) is 0 Å². The van der Waals surface area contributed by atoms with Crippen LogP contribution in [0.25, 0.3) is 38.7 Å². The van der Waals surface area contributed by atoms with E-state index in [1.54, 1.807) is 0 Å². The Kier molecular flexibility index (Phi) is 6.61. The van der Waals surface area contributed by atoms with Gasteiger partial charge in [-0.2, -0.15) is 0 Å². The van der Waals surface area contributed by atoms with Gasteiger partial charge in [0.25, 0.3) is 0 Å². The number of fused-ring (bicyclic) bond motifs is 1. The predicted molar refractivity (Wildman–Crippen MR) is 177 cm³/mol. The van der Waals surface area contributed by atoms with E-state index in [1.165, 1.54) is 21.9 Å². The van der Waals surface area contributed by atoms with Crippen LogP contribution in [0.1, 0.15) is 22.9 Å². The van der Waals surface area contributed by atoms with E-state index < -0.39 is 0 Å². The lowest BCUT2D eigenvalue weighted by Gasteiger charge is -2.34. The number of rotatable bonds is 5. The first-order valence-electron chi connectivity index (χ1n) is 14.3. The van der Waals surface area contributed by atoms with Gasteiger partial charge in [0, 0.05) is 18.4 Å². The monoisotopic (exact) mass is 541 g/mol. The molecular formula is C39H31N3. The second-order valence-electron chi connectivity index (χ2n) is 10.7. The van der Waals surface area contributed by atoms with Gasteiger partial charge in [-0.05, 0) is 67.9 Å². The molecular weight excluding hydrogens is 510 g/mol. The molecule has 0 radical (unpaired) electrons. The lowest BCUT2D eigenvalue weighted by atomic mass is 9.95. The molecule has 42 heavy (non-hydrogen) atoms. The molecule has 6 aromatic rings. The Balaban J connectivity index is 1.25. The second kappa shape index (κ2) is 10.9. The maximum absolute atomic E-state index is 5.90. The van der Waals surface area contributed by atoms with Crippen LogP contribution in [0.4, 0.5) is 5.69 Å². The van der Waals surface area contributed by atoms with E-state index in [1.807, 2.05) is 18.2 Å². The zero-order valence-electron chi connectivity index (χ0n) is 23.5. The number of allylic oxidation sites excluding steroid dienone is 1. The Morgan fingerprint density at radius 1 is 0.548 bits per heavy atom. The third-order valence-electron chi connectivity index (χ3n) is 8.09. The van der Waals surface area contributed by atoms with Crippen LogP contribution in [-0.2, 0) is 0 Å². The molecule has 7 rings (SSSR count). The third-order valence-corrected chi connectivity index (χ3v) is 8.09. The predicted octanol–water partition coefficient (Wildman–Crippen LogP) is 9.23. The van der Waals surface area contributed by atoms with Crippen LogP contribution in [0.2, 0.25) is 0 Å². The van der Waals surface area contributed by atoms with E-state index in [2.05, 4.69) is 145 Å². The molecule has 202 valence electrons. The molecule has 6 aromatic carbocycles. The lowest BCUT2D eigenvalue weighted by Crippen LogP contribution is -2.27. The van der Waals surface area contributed by atoms with Gasteiger partial charge in [0.2, 0.25) is 0 Å². The summed E-state index contributed by atoms with van der Waals surface area (Å²) in [5, 5.41) is 2.52. The average Bonchev–Trinajstić information content (AvgIpc) is 3.06. The van der Waals surface area contributed by atoms with Crippen LogP contribution >= 0.6 is 0 Å². The van der Waals surface area contributed by atoms with Crippen molar-refractivity contribution in [1.82, 2.24) is 4.90 Å². The zero-order valence-corrected chi connectivity index (χ0v) is 23.5. The first kappa shape index (κ1) is 25.6. The Bertz CT molecular complexity index is 1910. The zero-order chi connectivity index (χ0) is 28.5. The largest absolute Gasteiger partial charge is 0.399 e. The molecule has 1 aliphatic heterocycles. The van der Waals surface area contributed by atoms with Crippen LogP contribution < -0.4 is 5.73 Å². The summed E-state index contributed by atoms with van der Waals surface area (Å²) in [6.45, 7) is 0. The van der Waals surface area contributed by atoms with Crippen molar-refractivity contribution in [3.8, 4) is 22.3 Å². The molecule has 0 aromatic heterocycles. The fourth-order valence-corrected chi connectivity index (χ4v) is 5.79. The fourth-order valence-electron chi connectivity index (χ4n) is 5.79. The van der Waals surface area contributed by atoms with Gasteiger partial charge >= 0.3 is 0 Å². The van der Waals surface area contributed by atoms with E-state index in [9.17, 15) is 0 Å². The molecule has 3 nitrogen and oxygen atoms in total. The summed E-state index contributed by atoms with van der Waals surface area (Å²) in [5.74, 6) is 0. The Hall–Kier alpha value is -5.41. The summed E-state index contributed by atoms with van der Waals surface area (Å²) >= 11 is 0. The minimum absolute atomic E-state index is 0.154. The topological polar surface area (TPSA) is 41.6 Å². The number of nitrogen functional groups attached to an aromatic ring is 1. The van der Waals surface area contributed by atoms with Gasteiger partial charge in [-0.25, -0.2) is 0 Å². The van der Waals surface area contributed by atoms with Crippen LogP contribution in [0.15, 0.2) is 157 Å².